The van der Waals surface area contributed by atoms with E-state index in [1.54, 1.807) is 4.90 Å². The third-order valence-electron chi connectivity index (χ3n) is 5.97. The van der Waals surface area contributed by atoms with Crippen molar-refractivity contribution in [3.63, 3.8) is 0 Å². The summed E-state index contributed by atoms with van der Waals surface area (Å²) in [5, 5.41) is 2.63. The number of hydrogen-bond acceptors (Lipinski definition) is 4. The van der Waals surface area contributed by atoms with Crippen LogP contribution in [-0.2, 0) is 9.59 Å². The van der Waals surface area contributed by atoms with Crippen LogP contribution < -0.4 is 5.32 Å². The molecule has 0 aliphatic carbocycles. The number of rotatable bonds is 4. The molecule has 1 N–H and O–H groups in total. The summed E-state index contributed by atoms with van der Waals surface area (Å²) in [5.74, 6) is -2.51. The molecule has 2 amide bonds. The summed E-state index contributed by atoms with van der Waals surface area (Å²) in [7, 11) is 0. The zero-order chi connectivity index (χ0) is 18.7. The van der Waals surface area contributed by atoms with Crippen LogP contribution in [0.4, 0.5) is 8.78 Å². The molecule has 0 aromatic carbocycles. The summed E-state index contributed by atoms with van der Waals surface area (Å²) >= 11 is 0. The molecule has 0 bridgehead atoms. The summed E-state index contributed by atoms with van der Waals surface area (Å²) in [4.78, 5) is 30.8. The largest absolute Gasteiger partial charge is 0.341 e. The van der Waals surface area contributed by atoms with Gasteiger partial charge in [-0.05, 0) is 25.3 Å². The van der Waals surface area contributed by atoms with Gasteiger partial charge in [-0.25, -0.2) is 8.78 Å². The molecule has 10 heteroatoms. The number of carbonyl (C=O) groups excluding carboxylic acids is 2. The quantitative estimate of drug-likeness (QED) is 0.715. The fourth-order valence-corrected chi connectivity index (χ4v) is 4.16. The van der Waals surface area contributed by atoms with Gasteiger partial charge in [0.15, 0.2) is 0 Å². The Labute approximate surface area is 178 Å². The van der Waals surface area contributed by atoms with Crippen molar-refractivity contribution in [2.24, 2.45) is 5.92 Å². The minimum absolute atomic E-state index is 0. The Hall–Kier alpha value is -0.700. The molecule has 3 fully saturated rings. The minimum atomic E-state index is -2.78. The smallest absolute Gasteiger partial charge is 0.262 e. The van der Waals surface area contributed by atoms with Crippen LogP contribution in [0.15, 0.2) is 0 Å². The van der Waals surface area contributed by atoms with Crippen LogP contribution in [0.1, 0.15) is 32.6 Å². The number of halogens is 4. The van der Waals surface area contributed by atoms with Gasteiger partial charge in [-0.15, -0.1) is 24.8 Å². The number of carbonyl (C=O) groups is 2. The second-order valence-electron chi connectivity index (χ2n) is 7.78. The molecule has 164 valence electrons. The van der Waals surface area contributed by atoms with Crippen molar-refractivity contribution in [1.82, 2.24) is 20.0 Å². The fourth-order valence-electron chi connectivity index (χ4n) is 4.16. The number of likely N-dealkylation sites (N-methyl/N-ethyl adjacent to an activating group) is 1. The van der Waals surface area contributed by atoms with E-state index in [9.17, 15) is 18.4 Å². The van der Waals surface area contributed by atoms with Crippen molar-refractivity contribution >= 4 is 36.6 Å². The molecule has 0 saturated carbocycles. The van der Waals surface area contributed by atoms with Crippen LogP contribution in [-0.4, -0.2) is 90.8 Å². The number of piperidine rings is 1. The molecule has 1 unspecified atom stereocenters. The number of nitrogens with one attached hydrogen (secondary N) is 1. The zero-order valence-electron chi connectivity index (χ0n) is 16.4. The van der Waals surface area contributed by atoms with Gasteiger partial charge in [-0.1, -0.05) is 6.92 Å². The molecule has 0 aromatic rings. The van der Waals surface area contributed by atoms with Crippen molar-refractivity contribution in [3.8, 4) is 0 Å². The number of amides is 2. The SMILES string of the molecule is CCN1CCN(C(=O)CC2CCN(C(=O)C3CC(F)(F)CN3)CC2)CC1.Cl.Cl. The van der Waals surface area contributed by atoms with Crippen molar-refractivity contribution in [2.45, 2.75) is 44.6 Å². The molecule has 3 aliphatic rings. The first-order valence-electron chi connectivity index (χ1n) is 9.78. The zero-order valence-corrected chi connectivity index (χ0v) is 18.0. The molecular formula is C18H32Cl2F2N4O2. The van der Waals surface area contributed by atoms with E-state index in [1.807, 2.05) is 4.90 Å². The Bertz CT molecular complexity index is 526. The second-order valence-corrected chi connectivity index (χ2v) is 7.78. The van der Waals surface area contributed by atoms with Gasteiger partial charge in [0.05, 0.1) is 12.6 Å². The van der Waals surface area contributed by atoms with Crippen LogP contribution >= 0.6 is 24.8 Å². The number of alkyl halides is 2. The van der Waals surface area contributed by atoms with E-state index in [4.69, 9.17) is 0 Å². The van der Waals surface area contributed by atoms with Crippen molar-refractivity contribution in [2.75, 3.05) is 52.4 Å². The van der Waals surface area contributed by atoms with Gasteiger partial charge in [-0.2, -0.15) is 0 Å². The van der Waals surface area contributed by atoms with E-state index in [2.05, 4.69) is 17.1 Å². The first-order chi connectivity index (χ1) is 12.4. The monoisotopic (exact) mass is 444 g/mol. The highest BCUT2D eigenvalue weighted by Gasteiger charge is 2.44. The normalized spacial score (nSPS) is 25.8. The van der Waals surface area contributed by atoms with Crippen LogP contribution in [0, 0.1) is 5.92 Å². The molecule has 0 radical (unpaired) electrons. The lowest BCUT2D eigenvalue weighted by Gasteiger charge is -2.36. The molecule has 0 aromatic heterocycles. The van der Waals surface area contributed by atoms with Crippen molar-refractivity contribution in [1.29, 1.82) is 0 Å². The van der Waals surface area contributed by atoms with Gasteiger partial charge in [0.2, 0.25) is 11.8 Å². The molecule has 3 aliphatic heterocycles. The fraction of sp³-hybridized carbons (Fsp3) is 0.889. The van der Waals surface area contributed by atoms with Gasteiger partial charge in [0.1, 0.15) is 0 Å². The standard InChI is InChI=1S/C18H30F2N4O2.2ClH/c1-2-22-7-9-23(10-8-22)16(25)11-14-3-5-24(6-4-14)17(26)15-12-18(19,20)13-21-15;;/h14-15,21H,2-13H2,1H3;2*1H. The summed E-state index contributed by atoms with van der Waals surface area (Å²) in [5.41, 5.74) is 0. The van der Waals surface area contributed by atoms with Gasteiger partial charge < -0.3 is 14.7 Å². The molecule has 28 heavy (non-hydrogen) atoms. The number of nitrogens with zero attached hydrogens (tertiary/aromatic N) is 3. The molecule has 0 spiro atoms. The summed E-state index contributed by atoms with van der Waals surface area (Å²) in [6, 6.07) is -0.766. The molecule has 6 nitrogen and oxygen atoms in total. The van der Waals surface area contributed by atoms with Crippen molar-refractivity contribution in [3.05, 3.63) is 0 Å². The van der Waals surface area contributed by atoms with Crippen LogP contribution in [0.2, 0.25) is 0 Å². The number of likely N-dealkylation sites (tertiary alicyclic amines) is 1. The molecule has 3 heterocycles. The predicted molar refractivity (Wildman–Crippen MR) is 108 cm³/mol. The molecular weight excluding hydrogens is 413 g/mol. The van der Waals surface area contributed by atoms with Crippen LogP contribution in [0.25, 0.3) is 0 Å². The number of piperazine rings is 1. The lowest BCUT2D eigenvalue weighted by atomic mass is 9.92. The average Bonchev–Trinajstić information content (AvgIpc) is 3.01. The van der Waals surface area contributed by atoms with Gasteiger partial charge in [0.25, 0.3) is 5.92 Å². The van der Waals surface area contributed by atoms with Crippen LogP contribution in [0.3, 0.4) is 0 Å². The number of hydrogen-bond donors (Lipinski definition) is 1. The Kier molecular flexibility index (Phi) is 9.86. The third-order valence-corrected chi connectivity index (χ3v) is 5.97. The average molecular weight is 445 g/mol. The van der Waals surface area contributed by atoms with Gasteiger partial charge >= 0.3 is 0 Å². The second kappa shape index (κ2) is 10.9. The van der Waals surface area contributed by atoms with Crippen LogP contribution in [0.5, 0.6) is 0 Å². The van der Waals surface area contributed by atoms with E-state index in [1.165, 1.54) is 0 Å². The lowest BCUT2D eigenvalue weighted by Crippen LogP contribution is -2.50. The molecule has 3 rings (SSSR count). The van der Waals surface area contributed by atoms with Gasteiger partial charge in [-0.3, -0.25) is 14.9 Å². The lowest BCUT2D eigenvalue weighted by molar-refractivity contribution is -0.136. The van der Waals surface area contributed by atoms with E-state index in [0.29, 0.717) is 19.5 Å². The van der Waals surface area contributed by atoms with Gasteiger partial charge in [0, 0.05) is 52.1 Å². The highest BCUT2D eigenvalue weighted by atomic mass is 35.5. The first-order valence-corrected chi connectivity index (χ1v) is 9.78. The Balaban J connectivity index is 0.00000196. The van der Waals surface area contributed by atoms with E-state index >= 15 is 0 Å². The predicted octanol–water partition coefficient (Wildman–Crippen LogP) is 1.62. The Morgan fingerprint density at radius 3 is 2.11 bits per heavy atom. The van der Waals surface area contributed by atoms with Crippen molar-refractivity contribution < 1.29 is 18.4 Å². The minimum Gasteiger partial charge on any atom is -0.341 e. The summed E-state index contributed by atoms with van der Waals surface area (Å²) < 4.78 is 26.5. The first kappa shape index (κ1) is 25.3. The molecule has 3 saturated heterocycles. The highest BCUT2D eigenvalue weighted by molar-refractivity contribution is 5.85. The maximum Gasteiger partial charge on any atom is 0.262 e. The highest BCUT2D eigenvalue weighted by Crippen LogP contribution is 2.28. The third kappa shape index (κ3) is 6.40. The molecule has 1 atom stereocenters. The van der Waals surface area contributed by atoms with E-state index in [0.717, 1.165) is 45.6 Å². The Morgan fingerprint density at radius 2 is 1.61 bits per heavy atom. The summed E-state index contributed by atoms with van der Waals surface area (Å²) in [6.07, 6.45) is 1.67. The summed E-state index contributed by atoms with van der Waals surface area (Å²) in [6.45, 7) is 7.33. The topological polar surface area (TPSA) is 55.9 Å². The van der Waals surface area contributed by atoms with E-state index < -0.39 is 24.9 Å². The van der Waals surface area contributed by atoms with E-state index in [-0.39, 0.29) is 42.5 Å². The Morgan fingerprint density at radius 1 is 1.00 bits per heavy atom. The maximum absolute atomic E-state index is 13.3. The maximum atomic E-state index is 13.3.